The lowest BCUT2D eigenvalue weighted by molar-refractivity contribution is 0.429. The number of rotatable bonds is 1. The molecule has 2 unspecified atom stereocenters. The molecular weight excluding hydrogens is 204 g/mol. The van der Waals surface area contributed by atoms with Crippen molar-refractivity contribution in [1.29, 1.82) is 0 Å². The molecule has 0 amide bonds. The molecule has 2 aromatic rings. The maximum atomic E-state index is 2.40. The molecule has 3 rings (SSSR count). The lowest BCUT2D eigenvalue weighted by atomic mass is 9.73. The molecule has 0 aliphatic heterocycles. The summed E-state index contributed by atoms with van der Waals surface area (Å²) in [5.41, 5.74) is 4.76. The molecule has 0 saturated carbocycles. The number of fused-ring (bicyclic) bond motifs is 1. The third kappa shape index (κ3) is 1.51. The zero-order valence-electron chi connectivity index (χ0n) is 10.5. The van der Waals surface area contributed by atoms with E-state index >= 15 is 0 Å². The van der Waals surface area contributed by atoms with E-state index in [1.807, 2.05) is 0 Å². The second-order valence-electron chi connectivity index (χ2n) is 5.38. The second kappa shape index (κ2) is 3.73. The van der Waals surface area contributed by atoms with Crippen molar-refractivity contribution in [1.82, 2.24) is 0 Å². The van der Waals surface area contributed by atoms with Crippen LogP contribution in [-0.4, -0.2) is 0 Å². The Morgan fingerprint density at radius 3 is 2.29 bits per heavy atom. The molecule has 1 aliphatic rings. The minimum Gasteiger partial charge on any atom is -0.0622 e. The van der Waals surface area contributed by atoms with Crippen molar-refractivity contribution in [2.24, 2.45) is 0 Å². The van der Waals surface area contributed by atoms with Crippen LogP contribution in [0.4, 0.5) is 0 Å². The van der Waals surface area contributed by atoms with Gasteiger partial charge in [0.1, 0.15) is 0 Å². The number of benzene rings is 2. The van der Waals surface area contributed by atoms with Crippen LogP contribution in [0.25, 0.3) is 0 Å². The van der Waals surface area contributed by atoms with Crippen molar-refractivity contribution >= 4 is 0 Å². The molecule has 0 aromatic heterocycles. The third-order valence-electron chi connectivity index (χ3n) is 4.47. The fraction of sp³-hybridized carbons (Fsp3) is 0.294. The first kappa shape index (κ1) is 10.6. The van der Waals surface area contributed by atoms with Crippen molar-refractivity contribution in [3.8, 4) is 0 Å². The summed E-state index contributed by atoms with van der Waals surface area (Å²) < 4.78 is 0. The molecule has 1 aliphatic carbocycles. The highest BCUT2D eigenvalue weighted by atomic mass is 14.4. The lowest BCUT2D eigenvalue weighted by Gasteiger charge is -2.30. The third-order valence-corrected chi connectivity index (χ3v) is 4.47. The minimum absolute atomic E-state index is 0.255. The Balaban J connectivity index is 2.09. The second-order valence-corrected chi connectivity index (χ2v) is 5.38. The molecule has 0 heteroatoms. The first-order chi connectivity index (χ1) is 8.22. The van der Waals surface area contributed by atoms with Gasteiger partial charge in [0.15, 0.2) is 0 Å². The van der Waals surface area contributed by atoms with Crippen molar-refractivity contribution in [2.75, 3.05) is 0 Å². The minimum atomic E-state index is 0.255. The van der Waals surface area contributed by atoms with E-state index in [4.69, 9.17) is 0 Å². The maximum absolute atomic E-state index is 2.40. The molecule has 0 saturated heterocycles. The SMILES string of the molecule is CC1c2ccccc2CC1(C)c1ccccc1. The smallest absolute Gasteiger partial charge is 0.00312 e. The van der Waals surface area contributed by atoms with E-state index in [-0.39, 0.29) is 5.41 Å². The van der Waals surface area contributed by atoms with Crippen molar-refractivity contribution in [3.05, 3.63) is 71.3 Å². The van der Waals surface area contributed by atoms with Crippen LogP contribution in [0.15, 0.2) is 54.6 Å². The van der Waals surface area contributed by atoms with Gasteiger partial charge in [0.05, 0.1) is 0 Å². The van der Waals surface area contributed by atoms with Crippen LogP contribution in [-0.2, 0) is 11.8 Å². The van der Waals surface area contributed by atoms with Gasteiger partial charge in [0, 0.05) is 5.41 Å². The van der Waals surface area contributed by atoms with Crippen LogP contribution in [0.1, 0.15) is 36.5 Å². The molecule has 0 heterocycles. The summed E-state index contributed by atoms with van der Waals surface area (Å²) in [6.07, 6.45) is 1.16. The average molecular weight is 222 g/mol. The molecule has 0 radical (unpaired) electrons. The van der Waals surface area contributed by atoms with Crippen LogP contribution in [0.2, 0.25) is 0 Å². The fourth-order valence-corrected chi connectivity index (χ4v) is 3.18. The Labute approximate surface area is 103 Å². The zero-order chi connectivity index (χ0) is 11.9. The van der Waals surface area contributed by atoms with Crippen LogP contribution < -0.4 is 0 Å². The van der Waals surface area contributed by atoms with E-state index in [1.54, 1.807) is 0 Å². The van der Waals surface area contributed by atoms with E-state index in [2.05, 4.69) is 68.4 Å². The summed E-state index contributed by atoms with van der Waals surface area (Å²) >= 11 is 0. The molecule has 0 spiro atoms. The fourth-order valence-electron chi connectivity index (χ4n) is 3.18. The molecule has 0 bridgehead atoms. The summed E-state index contributed by atoms with van der Waals surface area (Å²) in [4.78, 5) is 0. The van der Waals surface area contributed by atoms with Crippen molar-refractivity contribution < 1.29 is 0 Å². The zero-order valence-corrected chi connectivity index (χ0v) is 10.5. The first-order valence-corrected chi connectivity index (χ1v) is 6.35. The highest BCUT2D eigenvalue weighted by molar-refractivity contribution is 5.44. The first-order valence-electron chi connectivity index (χ1n) is 6.35. The van der Waals surface area contributed by atoms with Crippen LogP contribution in [0, 0.1) is 0 Å². The number of hydrogen-bond acceptors (Lipinski definition) is 0. The van der Waals surface area contributed by atoms with Gasteiger partial charge < -0.3 is 0 Å². The predicted octanol–water partition coefficient (Wildman–Crippen LogP) is 4.30. The summed E-state index contributed by atoms with van der Waals surface area (Å²) in [7, 11) is 0. The Hall–Kier alpha value is -1.56. The van der Waals surface area contributed by atoms with Gasteiger partial charge in [-0.3, -0.25) is 0 Å². The Bertz CT molecular complexity index is 527. The predicted molar refractivity (Wildman–Crippen MR) is 72.4 cm³/mol. The largest absolute Gasteiger partial charge is 0.0622 e. The van der Waals surface area contributed by atoms with Gasteiger partial charge in [-0.2, -0.15) is 0 Å². The van der Waals surface area contributed by atoms with Gasteiger partial charge in [0.2, 0.25) is 0 Å². The summed E-state index contributed by atoms with van der Waals surface area (Å²) in [5.74, 6) is 0.598. The highest BCUT2D eigenvalue weighted by Gasteiger charge is 2.40. The normalized spacial score (nSPS) is 26.8. The van der Waals surface area contributed by atoms with Gasteiger partial charge in [-0.05, 0) is 29.0 Å². The Morgan fingerprint density at radius 1 is 0.941 bits per heavy atom. The molecular formula is C17H18. The monoisotopic (exact) mass is 222 g/mol. The highest BCUT2D eigenvalue weighted by Crippen LogP contribution is 2.48. The van der Waals surface area contributed by atoms with E-state index in [9.17, 15) is 0 Å². The summed E-state index contributed by atoms with van der Waals surface area (Å²) in [5, 5.41) is 0. The Kier molecular flexibility index (Phi) is 2.32. The van der Waals surface area contributed by atoms with E-state index in [0.29, 0.717) is 5.92 Å². The molecule has 0 nitrogen and oxygen atoms in total. The number of hydrogen-bond donors (Lipinski definition) is 0. The lowest BCUT2D eigenvalue weighted by Crippen LogP contribution is -2.25. The van der Waals surface area contributed by atoms with Gasteiger partial charge in [0.25, 0.3) is 0 Å². The van der Waals surface area contributed by atoms with Gasteiger partial charge in [-0.25, -0.2) is 0 Å². The van der Waals surface area contributed by atoms with Gasteiger partial charge in [-0.1, -0.05) is 68.4 Å². The maximum Gasteiger partial charge on any atom is 0.00312 e. The average Bonchev–Trinajstić information content (AvgIpc) is 2.65. The van der Waals surface area contributed by atoms with Gasteiger partial charge in [-0.15, -0.1) is 0 Å². The molecule has 0 N–H and O–H groups in total. The van der Waals surface area contributed by atoms with E-state index in [0.717, 1.165) is 6.42 Å². The van der Waals surface area contributed by atoms with E-state index < -0.39 is 0 Å². The molecule has 2 aromatic carbocycles. The molecule has 17 heavy (non-hydrogen) atoms. The van der Waals surface area contributed by atoms with Crippen molar-refractivity contribution in [3.63, 3.8) is 0 Å². The molecule has 86 valence electrons. The topological polar surface area (TPSA) is 0 Å². The Morgan fingerprint density at radius 2 is 1.59 bits per heavy atom. The van der Waals surface area contributed by atoms with Crippen LogP contribution in [0.3, 0.4) is 0 Å². The van der Waals surface area contributed by atoms with Gasteiger partial charge >= 0.3 is 0 Å². The molecule has 2 atom stereocenters. The van der Waals surface area contributed by atoms with Crippen LogP contribution in [0.5, 0.6) is 0 Å². The summed E-state index contributed by atoms with van der Waals surface area (Å²) in [6, 6.07) is 19.8. The van der Waals surface area contributed by atoms with E-state index in [1.165, 1.54) is 16.7 Å². The quantitative estimate of drug-likeness (QED) is 0.674. The van der Waals surface area contributed by atoms with Crippen LogP contribution >= 0.6 is 0 Å². The van der Waals surface area contributed by atoms with Crippen molar-refractivity contribution in [2.45, 2.75) is 31.6 Å². The summed E-state index contributed by atoms with van der Waals surface area (Å²) in [6.45, 7) is 4.76. The molecule has 0 fully saturated rings. The standard InChI is InChI=1S/C17H18/c1-13-16-11-7-6-8-14(16)12-17(13,2)15-9-4-3-5-10-15/h3-11,13H,12H2,1-2H3.